The van der Waals surface area contributed by atoms with Gasteiger partial charge in [0.1, 0.15) is 31.1 Å². The number of amides is 5. The van der Waals surface area contributed by atoms with Crippen LogP contribution in [0.1, 0.15) is 80.5 Å². The van der Waals surface area contributed by atoms with E-state index in [1.54, 1.807) is 47.5 Å². The molecule has 4 heterocycles. The zero-order valence-electron chi connectivity index (χ0n) is 39.4. The van der Waals surface area contributed by atoms with Gasteiger partial charge in [-0.3, -0.25) is 38.7 Å². The number of aliphatic imine (C=N–C) groups is 1. The maximum Gasteiger partial charge on any atom is 0.261 e. The molecular formula is C53H53N7O10. The van der Waals surface area contributed by atoms with Crippen molar-refractivity contribution in [1.82, 2.24) is 16.0 Å². The number of anilines is 3. The third-order valence-corrected chi connectivity index (χ3v) is 12.9. The Bertz CT molecular complexity index is 2970. The summed E-state index contributed by atoms with van der Waals surface area (Å²) in [7, 11) is 2.98. The summed E-state index contributed by atoms with van der Waals surface area (Å²) in [6.45, 7) is 4.97. The van der Waals surface area contributed by atoms with E-state index in [0.717, 1.165) is 28.9 Å². The second-order valence-electron chi connectivity index (χ2n) is 17.7. The molecule has 0 saturated heterocycles. The van der Waals surface area contributed by atoms with E-state index in [-0.39, 0.29) is 61.4 Å². The molecule has 4 aliphatic rings. The van der Waals surface area contributed by atoms with E-state index in [0.29, 0.717) is 69.6 Å². The molecule has 4 atom stereocenters. The van der Waals surface area contributed by atoms with Gasteiger partial charge < -0.3 is 45.1 Å². The fraction of sp³-hybridized carbons (Fsp3) is 0.302. The molecule has 0 spiro atoms. The second-order valence-corrected chi connectivity index (χ2v) is 17.7. The topological polar surface area (TPSA) is 206 Å². The average Bonchev–Trinajstić information content (AvgIpc) is 3.85. The number of hydrogen-bond donors (Lipinski definition) is 4. The second kappa shape index (κ2) is 19.8. The lowest BCUT2D eigenvalue weighted by Gasteiger charge is -2.22. The number of hydrogen-bond acceptors (Lipinski definition) is 12. The van der Waals surface area contributed by atoms with Gasteiger partial charge in [0.05, 0.1) is 48.8 Å². The number of Topliss-reactive ketones (excluding diaryl/α,β-unsaturated/α-hetero) is 1. The molecule has 70 heavy (non-hydrogen) atoms. The monoisotopic (exact) mass is 947 g/mol. The smallest absolute Gasteiger partial charge is 0.261 e. The van der Waals surface area contributed by atoms with E-state index in [2.05, 4.69) is 21.3 Å². The Morgan fingerprint density at radius 2 is 1.31 bits per heavy atom. The van der Waals surface area contributed by atoms with E-state index in [1.807, 2.05) is 59.5 Å². The van der Waals surface area contributed by atoms with Gasteiger partial charge in [0, 0.05) is 61.2 Å². The van der Waals surface area contributed by atoms with Crippen molar-refractivity contribution in [2.75, 3.05) is 42.4 Å². The molecule has 0 radical (unpaired) electrons. The van der Waals surface area contributed by atoms with E-state index in [1.165, 1.54) is 35.0 Å². The number of carbonyl (C=O) groups excluding carboxylic acids is 6. The van der Waals surface area contributed by atoms with Gasteiger partial charge >= 0.3 is 0 Å². The maximum atomic E-state index is 14.1. The molecule has 4 N–H and O–H groups in total. The van der Waals surface area contributed by atoms with Crippen LogP contribution in [0.15, 0.2) is 96.0 Å². The van der Waals surface area contributed by atoms with Crippen LogP contribution in [0.25, 0.3) is 0 Å². The number of para-hydroxylation sites is 2. The number of nitrogens with one attached hydrogen (secondary N) is 4. The number of methoxy groups -OCH3 is 2. The Morgan fingerprint density at radius 1 is 0.714 bits per heavy atom. The minimum Gasteiger partial charge on any atom is -0.493 e. The number of ketones is 1. The molecule has 5 amide bonds. The first-order valence-corrected chi connectivity index (χ1v) is 23.1. The van der Waals surface area contributed by atoms with Crippen molar-refractivity contribution in [2.24, 2.45) is 4.99 Å². The summed E-state index contributed by atoms with van der Waals surface area (Å²) >= 11 is 0. The minimum atomic E-state index is -1.06. The highest BCUT2D eigenvalue weighted by molar-refractivity contribution is 6.15. The lowest BCUT2D eigenvalue weighted by molar-refractivity contribution is -0.129. The quantitative estimate of drug-likeness (QED) is 0.0922. The Hall–Kier alpha value is -8.21. The van der Waals surface area contributed by atoms with Crippen LogP contribution in [-0.2, 0) is 40.4 Å². The Balaban J connectivity index is 0.962. The molecule has 0 aromatic heterocycles. The zero-order valence-corrected chi connectivity index (χ0v) is 39.4. The van der Waals surface area contributed by atoms with Crippen molar-refractivity contribution in [3.8, 4) is 23.0 Å². The third-order valence-electron chi connectivity index (χ3n) is 12.9. The summed E-state index contributed by atoms with van der Waals surface area (Å²) in [6.07, 6.45) is 3.31. The molecule has 360 valence electrons. The van der Waals surface area contributed by atoms with Crippen LogP contribution in [0.3, 0.4) is 0 Å². The van der Waals surface area contributed by atoms with Gasteiger partial charge in [0.15, 0.2) is 23.0 Å². The first kappa shape index (κ1) is 46.9. The number of rotatable bonds is 16. The predicted molar refractivity (Wildman–Crippen MR) is 262 cm³/mol. The van der Waals surface area contributed by atoms with Gasteiger partial charge in [-0.1, -0.05) is 36.4 Å². The van der Waals surface area contributed by atoms with E-state index < -0.39 is 29.8 Å². The SMILES string of the molecule is COc1cc2c(cc1OCc1cc(COc3cc4c(cc3OC)C(=O)N3c5ccccc5C[C@H]3CN4)cc(C(=O)N[C@@H](C)C(=O)N[C@@H](C)C(=O)NCCC(C)=O)c1)N=C[C@@H]1Cc3ccccc3N1C2=O. The minimum absolute atomic E-state index is 0.0502. The Kier molecular flexibility index (Phi) is 13.3. The molecule has 0 saturated carbocycles. The van der Waals surface area contributed by atoms with Gasteiger partial charge in [-0.05, 0) is 91.9 Å². The van der Waals surface area contributed by atoms with E-state index in [9.17, 15) is 28.8 Å². The number of ether oxygens (including phenoxy) is 4. The molecule has 0 unspecified atom stereocenters. The Morgan fingerprint density at radius 3 is 1.99 bits per heavy atom. The van der Waals surface area contributed by atoms with Crippen molar-refractivity contribution in [1.29, 1.82) is 0 Å². The average molecular weight is 948 g/mol. The molecule has 17 nitrogen and oxygen atoms in total. The van der Waals surface area contributed by atoms with Crippen molar-refractivity contribution in [3.63, 3.8) is 0 Å². The normalized spacial score (nSPS) is 16.9. The van der Waals surface area contributed by atoms with Crippen molar-refractivity contribution in [2.45, 2.75) is 77.4 Å². The molecule has 5 aromatic rings. The zero-order chi connectivity index (χ0) is 49.2. The number of fused-ring (bicyclic) bond motifs is 8. The summed E-state index contributed by atoms with van der Waals surface area (Å²) in [5, 5.41) is 11.4. The predicted octanol–water partition coefficient (Wildman–Crippen LogP) is 5.86. The number of benzene rings is 5. The summed E-state index contributed by atoms with van der Waals surface area (Å²) in [6, 6.07) is 25.2. The largest absolute Gasteiger partial charge is 0.493 e. The lowest BCUT2D eigenvalue weighted by Crippen LogP contribution is -2.51. The fourth-order valence-electron chi connectivity index (χ4n) is 9.25. The van der Waals surface area contributed by atoms with Crippen LogP contribution < -0.4 is 50.0 Å². The molecule has 0 bridgehead atoms. The number of nitrogens with zero attached hydrogens (tertiary/aromatic N) is 3. The van der Waals surface area contributed by atoms with E-state index >= 15 is 0 Å². The van der Waals surface area contributed by atoms with Crippen LogP contribution >= 0.6 is 0 Å². The first-order valence-electron chi connectivity index (χ1n) is 23.1. The third kappa shape index (κ3) is 9.46. The van der Waals surface area contributed by atoms with E-state index in [4.69, 9.17) is 23.9 Å². The van der Waals surface area contributed by atoms with Crippen molar-refractivity contribution in [3.05, 3.63) is 130 Å². The molecule has 9 rings (SSSR count). The molecular weight excluding hydrogens is 895 g/mol. The highest BCUT2D eigenvalue weighted by atomic mass is 16.5. The molecule has 17 heteroatoms. The van der Waals surface area contributed by atoms with Gasteiger partial charge in [-0.2, -0.15) is 0 Å². The Labute approximate surface area is 404 Å². The van der Waals surface area contributed by atoms with Crippen LogP contribution in [-0.4, -0.2) is 93.0 Å². The van der Waals surface area contributed by atoms with Crippen molar-refractivity contribution < 1.29 is 47.7 Å². The summed E-state index contributed by atoms with van der Waals surface area (Å²) in [5.74, 6) is -0.789. The molecule has 0 fully saturated rings. The van der Waals surface area contributed by atoms with Gasteiger partial charge in [-0.25, -0.2) is 0 Å². The van der Waals surface area contributed by atoms with Crippen LogP contribution in [0.4, 0.5) is 22.7 Å². The number of carbonyl (C=O) groups is 6. The standard InChI is InChI=1S/C53H53N7O10/c1-29(61)14-15-54-49(62)30(2)57-50(63)31(3)58-51(64)36-17-32(27-69-47-23-41-39(21-45(47)67-4)52(65)59-37(25-55-41)19-34-10-6-8-12-43(34)59)16-33(18-36)28-70-48-24-42-40(22-46(48)68-5)53(66)60-38(26-56-42)20-35-11-7-9-13-44(35)60/h6-13,16-18,21-25,30-31,37-38,56H,14-15,19-20,26-28H2,1-5H3,(H,54,62)(H,57,63)(H,58,64)/t30-,31-,37-,38-/m0/s1. The van der Waals surface area contributed by atoms with Gasteiger partial charge in [0.25, 0.3) is 17.7 Å². The first-order chi connectivity index (χ1) is 33.8. The molecule has 0 aliphatic carbocycles. The fourth-order valence-corrected chi connectivity index (χ4v) is 9.25. The lowest BCUT2D eigenvalue weighted by atomic mass is 10.0. The van der Waals surface area contributed by atoms with Crippen molar-refractivity contribution >= 4 is 64.3 Å². The van der Waals surface area contributed by atoms with Crippen LogP contribution in [0.2, 0.25) is 0 Å². The van der Waals surface area contributed by atoms with Gasteiger partial charge in [-0.15, -0.1) is 0 Å². The summed E-state index contributed by atoms with van der Waals surface area (Å²) in [5.41, 5.74) is 7.01. The highest BCUT2D eigenvalue weighted by Crippen LogP contribution is 2.43. The maximum absolute atomic E-state index is 14.1. The van der Waals surface area contributed by atoms with Gasteiger partial charge in [0.2, 0.25) is 11.8 Å². The molecule has 4 aliphatic heterocycles. The van der Waals surface area contributed by atoms with Crippen LogP contribution in [0, 0.1) is 0 Å². The van der Waals surface area contributed by atoms with Crippen LogP contribution in [0.5, 0.6) is 23.0 Å². The summed E-state index contributed by atoms with van der Waals surface area (Å²) < 4.78 is 24.3. The molecule has 5 aromatic carbocycles. The summed E-state index contributed by atoms with van der Waals surface area (Å²) in [4.78, 5) is 87.5. The highest BCUT2D eigenvalue weighted by Gasteiger charge is 2.39.